The third-order valence-corrected chi connectivity index (χ3v) is 5.93. The first-order valence-electron chi connectivity index (χ1n) is 10.5. The van der Waals surface area contributed by atoms with Gasteiger partial charge >= 0.3 is 0 Å². The quantitative estimate of drug-likeness (QED) is 0.342. The zero-order valence-corrected chi connectivity index (χ0v) is 18.8. The van der Waals surface area contributed by atoms with Crippen molar-refractivity contribution in [3.05, 3.63) is 89.6 Å². The summed E-state index contributed by atoms with van der Waals surface area (Å²) in [7, 11) is 0. The van der Waals surface area contributed by atoms with Crippen LogP contribution in [0.25, 0.3) is 21.8 Å². The third-order valence-electron chi connectivity index (χ3n) is 5.05. The Balaban J connectivity index is 1.30. The Morgan fingerprint density at radius 1 is 0.848 bits per heavy atom. The fourth-order valence-electron chi connectivity index (χ4n) is 3.27. The van der Waals surface area contributed by atoms with Crippen LogP contribution in [0.3, 0.4) is 0 Å². The maximum Gasteiger partial charge on any atom is 0.224 e. The van der Waals surface area contributed by atoms with Crippen molar-refractivity contribution in [3.8, 4) is 21.8 Å². The molecule has 166 valence electrons. The Labute approximate surface area is 195 Å². The molecule has 0 fully saturated rings. The average Bonchev–Trinajstić information content (AvgIpc) is 3.30. The van der Waals surface area contributed by atoms with E-state index in [1.54, 1.807) is 11.3 Å². The molecule has 1 heterocycles. The molecule has 3 aromatic carbocycles. The van der Waals surface area contributed by atoms with Crippen molar-refractivity contribution >= 4 is 34.5 Å². The molecule has 0 radical (unpaired) electrons. The maximum absolute atomic E-state index is 12.9. The highest BCUT2D eigenvalue weighted by atomic mass is 32.1. The van der Waals surface area contributed by atoms with Crippen molar-refractivity contribution in [3.63, 3.8) is 0 Å². The molecule has 0 saturated carbocycles. The van der Waals surface area contributed by atoms with Gasteiger partial charge in [0.15, 0.2) is 0 Å². The van der Waals surface area contributed by atoms with E-state index >= 15 is 0 Å². The Bertz CT molecular complexity index is 1270. The van der Waals surface area contributed by atoms with Crippen LogP contribution in [0, 0.1) is 12.7 Å². The summed E-state index contributed by atoms with van der Waals surface area (Å²) in [6, 6.07) is 21.1. The van der Waals surface area contributed by atoms with E-state index in [0.717, 1.165) is 21.8 Å². The largest absolute Gasteiger partial charge is 0.326 e. The van der Waals surface area contributed by atoms with E-state index in [1.165, 1.54) is 29.8 Å². The number of amides is 2. The van der Waals surface area contributed by atoms with Crippen molar-refractivity contribution in [1.82, 2.24) is 4.98 Å². The average molecular weight is 460 g/mol. The summed E-state index contributed by atoms with van der Waals surface area (Å²) in [5.74, 6) is -0.937. The lowest BCUT2D eigenvalue weighted by Crippen LogP contribution is -2.17. The molecule has 0 aliphatic carbocycles. The van der Waals surface area contributed by atoms with E-state index < -0.39 is 0 Å². The first kappa shape index (κ1) is 22.4. The van der Waals surface area contributed by atoms with Crippen molar-refractivity contribution in [1.29, 1.82) is 0 Å². The van der Waals surface area contributed by atoms with Crippen LogP contribution in [-0.4, -0.2) is 16.8 Å². The van der Waals surface area contributed by atoms with E-state index in [9.17, 15) is 14.0 Å². The fourth-order valence-corrected chi connectivity index (χ4v) is 4.19. The van der Waals surface area contributed by atoms with E-state index in [4.69, 9.17) is 4.98 Å². The number of nitrogens with zero attached hydrogens (tertiary/aromatic N) is 1. The van der Waals surface area contributed by atoms with Crippen molar-refractivity contribution in [2.24, 2.45) is 0 Å². The van der Waals surface area contributed by atoms with Crippen LogP contribution in [0.1, 0.15) is 18.4 Å². The molecule has 0 unspecified atom stereocenters. The maximum atomic E-state index is 12.9. The summed E-state index contributed by atoms with van der Waals surface area (Å²) in [4.78, 5) is 29.0. The number of hydrogen-bond donors (Lipinski definition) is 2. The number of benzene rings is 3. The minimum atomic E-state index is -0.375. The Morgan fingerprint density at radius 2 is 1.42 bits per heavy atom. The summed E-state index contributed by atoms with van der Waals surface area (Å²) in [6.45, 7) is 2.07. The summed E-state index contributed by atoms with van der Waals surface area (Å²) >= 11 is 1.60. The van der Waals surface area contributed by atoms with Crippen LogP contribution in [0.4, 0.5) is 15.8 Å². The van der Waals surface area contributed by atoms with Gasteiger partial charge in [0.1, 0.15) is 10.8 Å². The molecule has 7 heteroatoms. The molecular formula is C26H22FN3O2S. The Morgan fingerprint density at radius 3 is 2.03 bits per heavy atom. The molecule has 2 N–H and O–H groups in total. The molecule has 0 saturated heterocycles. The number of nitrogens with one attached hydrogen (secondary N) is 2. The van der Waals surface area contributed by atoms with Crippen molar-refractivity contribution < 1.29 is 14.0 Å². The number of aromatic nitrogens is 1. The predicted octanol–water partition coefficient (Wildman–Crippen LogP) is 6.28. The number of thiazole rings is 1. The van der Waals surface area contributed by atoms with Crippen LogP contribution in [-0.2, 0) is 9.59 Å². The minimum absolute atomic E-state index is 0.0296. The molecule has 0 aliphatic rings. The molecule has 4 aromatic rings. The summed E-state index contributed by atoms with van der Waals surface area (Å²) in [5.41, 5.74) is 5.29. The number of anilines is 2. The van der Waals surface area contributed by atoms with Gasteiger partial charge in [-0.1, -0.05) is 36.4 Å². The lowest BCUT2D eigenvalue weighted by Gasteiger charge is -2.07. The number of halogens is 1. The monoisotopic (exact) mass is 459 g/mol. The standard InChI is InChI=1S/C26H22FN3O2S/c1-17-4-2-3-5-22(17)26-30-23(16-33-26)18-6-10-20(11-7-18)28-24(31)14-15-25(32)29-21-12-8-19(27)9-13-21/h2-13,16H,14-15H2,1H3,(H,28,31)(H,29,32). The molecule has 0 bridgehead atoms. The predicted molar refractivity (Wildman–Crippen MR) is 131 cm³/mol. The molecule has 5 nitrogen and oxygen atoms in total. The second kappa shape index (κ2) is 10.2. The SMILES string of the molecule is Cc1ccccc1-c1nc(-c2ccc(NC(=O)CCC(=O)Nc3ccc(F)cc3)cc2)cs1. The van der Waals surface area contributed by atoms with Gasteiger partial charge in [-0.05, 0) is 48.9 Å². The van der Waals surface area contributed by atoms with Gasteiger partial charge in [-0.2, -0.15) is 0 Å². The number of rotatable bonds is 7. The summed E-state index contributed by atoms with van der Waals surface area (Å²) < 4.78 is 12.9. The zero-order valence-electron chi connectivity index (χ0n) is 18.0. The normalized spacial score (nSPS) is 10.6. The van der Waals surface area contributed by atoms with Crippen molar-refractivity contribution in [2.75, 3.05) is 10.6 Å². The van der Waals surface area contributed by atoms with Crippen LogP contribution >= 0.6 is 11.3 Å². The highest BCUT2D eigenvalue weighted by Gasteiger charge is 2.10. The highest BCUT2D eigenvalue weighted by molar-refractivity contribution is 7.13. The third kappa shape index (κ3) is 5.90. The highest BCUT2D eigenvalue weighted by Crippen LogP contribution is 2.31. The zero-order chi connectivity index (χ0) is 23.2. The van der Waals surface area contributed by atoms with E-state index in [2.05, 4.69) is 29.7 Å². The van der Waals surface area contributed by atoms with Gasteiger partial charge < -0.3 is 10.6 Å². The van der Waals surface area contributed by atoms with Gasteiger partial charge in [-0.3, -0.25) is 9.59 Å². The van der Waals surface area contributed by atoms with E-state index in [0.29, 0.717) is 11.4 Å². The lowest BCUT2D eigenvalue weighted by atomic mass is 10.1. The topological polar surface area (TPSA) is 71.1 Å². The van der Waals surface area contributed by atoms with Crippen LogP contribution in [0.2, 0.25) is 0 Å². The fraction of sp³-hybridized carbons (Fsp3) is 0.115. The van der Waals surface area contributed by atoms with E-state index in [1.807, 2.05) is 41.8 Å². The van der Waals surface area contributed by atoms with Gasteiger partial charge in [0.05, 0.1) is 5.69 Å². The van der Waals surface area contributed by atoms with Gasteiger partial charge in [-0.15, -0.1) is 11.3 Å². The van der Waals surface area contributed by atoms with Gasteiger partial charge in [-0.25, -0.2) is 9.37 Å². The van der Waals surface area contributed by atoms with Gasteiger partial charge in [0, 0.05) is 40.7 Å². The number of aryl methyl sites for hydroxylation is 1. The first-order valence-corrected chi connectivity index (χ1v) is 11.3. The minimum Gasteiger partial charge on any atom is -0.326 e. The molecule has 2 amide bonds. The van der Waals surface area contributed by atoms with E-state index in [-0.39, 0.29) is 30.5 Å². The molecule has 4 rings (SSSR count). The number of carbonyl (C=O) groups is 2. The van der Waals surface area contributed by atoms with Gasteiger partial charge in [0.25, 0.3) is 0 Å². The molecule has 33 heavy (non-hydrogen) atoms. The number of carbonyl (C=O) groups excluding carboxylic acids is 2. The molecule has 0 spiro atoms. The molecular weight excluding hydrogens is 437 g/mol. The first-order chi connectivity index (χ1) is 16.0. The number of hydrogen-bond acceptors (Lipinski definition) is 4. The Kier molecular flexibility index (Phi) is 6.90. The second-order valence-electron chi connectivity index (χ2n) is 7.53. The summed E-state index contributed by atoms with van der Waals surface area (Å²) in [5, 5.41) is 8.43. The van der Waals surface area contributed by atoms with Crippen LogP contribution < -0.4 is 10.6 Å². The Hall–Kier alpha value is -3.84. The van der Waals surface area contributed by atoms with Crippen LogP contribution in [0.15, 0.2) is 78.2 Å². The van der Waals surface area contributed by atoms with Gasteiger partial charge in [0.2, 0.25) is 11.8 Å². The molecule has 0 atom stereocenters. The smallest absolute Gasteiger partial charge is 0.224 e. The second-order valence-corrected chi connectivity index (χ2v) is 8.39. The lowest BCUT2D eigenvalue weighted by molar-refractivity contribution is -0.121. The molecule has 0 aliphatic heterocycles. The van der Waals surface area contributed by atoms with Crippen LogP contribution in [0.5, 0.6) is 0 Å². The molecule has 1 aromatic heterocycles. The van der Waals surface area contributed by atoms with Crippen molar-refractivity contribution in [2.45, 2.75) is 19.8 Å². The summed E-state index contributed by atoms with van der Waals surface area (Å²) in [6.07, 6.45) is 0.0719.